The Morgan fingerprint density at radius 3 is 2.43 bits per heavy atom. The van der Waals surface area contributed by atoms with Gasteiger partial charge in [-0.25, -0.2) is 4.98 Å². The molecule has 0 bridgehead atoms. The van der Waals surface area contributed by atoms with E-state index in [9.17, 15) is 0 Å². The number of fused-ring (bicyclic) bond motifs is 3. The molecule has 0 aliphatic heterocycles. The predicted molar refractivity (Wildman–Crippen MR) is 113 cm³/mol. The second-order valence-corrected chi connectivity index (χ2v) is 6.92. The quantitative estimate of drug-likeness (QED) is 0.378. The van der Waals surface area contributed by atoms with Gasteiger partial charge in [0, 0.05) is 38.3 Å². The zero-order valence-electron chi connectivity index (χ0n) is 14.9. The summed E-state index contributed by atoms with van der Waals surface area (Å²) in [4.78, 5) is 8.27. The van der Waals surface area contributed by atoms with Crippen molar-refractivity contribution in [2.45, 2.75) is 0 Å². The minimum absolute atomic E-state index is 0.770. The molecule has 0 atom stereocenters. The minimum atomic E-state index is 0.770. The average molecular weight is 359 g/mol. The van der Waals surface area contributed by atoms with Gasteiger partial charge in [0.05, 0.1) is 12.5 Å². The maximum absolute atomic E-state index is 5.99. The van der Waals surface area contributed by atoms with Crippen LogP contribution in [0.3, 0.4) is 0 Å². The molecule has 0 aliphatic rings. The Bertz CT molecular complexity index is 1440. The van der Waals surface area contributed by atoms with Crippen LogP contribution < -0.4 is 0 Å². The van der Waals surface area contributed by atoms with Crippen molar-refractivity contribution in [3.05, 3.63) is 91.3 Å². The van der Waals surface area contributed by atoms with Crippen LogP contribution in [0.25, 0.3) is 55.2 Å². The number of para-hydroxylation sites is 1. The van der Waals surface area contributed by atoms with E-state index in [0.29, 0.717) is 0 Å². The zero-order valence-corrected chi connectivity index (χ0v) is 14.9. The second-order valence-electron chi connectivity index (χ2n) is 6.92. The molecule has 3 aromatic carbocycles. The van der Waals surface area contributed by atoms with Crippen LogP contribution in [0.5, 0.6) is 0 Å². The standard InChI is InChI=1S/C25H15N2O/c1-4-10-19-17(8-1)14-26-24(25-20-11-5-2-9-18(20)15-28-25)23(19)22-13-16-7-3-6-12-21(16)27-22/h1-13,15,27H. The number of rotatable bonds is 2. The van der Waals surface area contributed by atoms with Crippen molar-refractivity contribution < 1.29 is 4.42 Å². The molecule has 3 nitrogen and oxygen atoms in total. The Hall–Kier alpha value is -3.85. The third-order valence-corrected chi connectivity index (χ3v) is 5.24. The predicted octanol–water partition coefficient (Wildman–Crippen LogP) is 6.60. The molecule has 6 rings (SSSR count). The van der Waals surface area contributed by atoms with Crippen molar-refractivity contribution in [2.75, 3.05) is 0 Å². The Morgan fingerprint density at radius 1 is 0.786 bits per heavy atom. The summed E-state index contributed by atoms with van der Waals surface area (Å²) in [5, 5.41) is 5.37. The van der Waals surface area contributed by atoms with Crippen LogP contribution in [-0.2, 0) is 0 Å². The number of hydrogen-bond acceptors (Lipinski definition) is 2. The minimum Gasteiger partial charge on any atom is -0.461 e. The number of H-pyrrole nitrogens is 1. The fraction of sp³-hybridized carbons (Fsp3) is 0. The smallest absolute Gasteiger partial charge is 0.160 e. The van der Waals surface area contributed by atoms with Crippen molar-refractivity contribution in [3.63, 3.8) is 0 Å². The molecule has 3 aromatic heterocycles. The van der Waals surface area contributed by atoms with E-state index in [1.807, 2.05) is 36.4 Å². The molecule has 6 aromatic rings. The molecule has 131 valence electrons. The lowest BCUT2D eigenvalue weighted by atomic mass is 9.99. The highest BCUT2D eigenvalue weighted by molar-refractivity contribution is 6.06. The van der Waals surface area contributed by atoms with E-state index < -0.39 is 0 Å². The molecule has 0 unspecified atom stereocenters. The molecular formula is C25H15N2O. The van der Waals surface area contributed by atoms with Crippen LogP contribution in [0.2, 0.25) is 0 Å². The van der Waals surface area contributed by atoms with Gasteiger partial charge in [-0.1, -0.05) is 66.7 Å². The first-order chi connectivity index (χ1) is 13.9. The molecule has 3 heteroatoms. The van der Waals surface area contributed by atoms with Gasteiger partial charge in [-0.05, 0) is 17.5 Å². The van der Waals surface area contributed by atoms with E-state index in [4.69, 9.17) is 9.40 Å². The Morgan fingerprint density at radius 2 is 1.54 bits per heavy atom. The number of aromatic nitrogens is 2. The molecule has 0 aliphatic carbocycles. The van der Waals surface area contributed by atoms with Crippen molar-refractivity contribution in [1.82, 2.24) is 9.97 Å². The van der Waals surface area contributed by atoms with Crippen molar-refractivity contribution >= 4 is 32.4 Å². The van der Waals surface area contributed by atoms with Crippen LogP contribution in [0.15, 0.2) is 89.5 Å². The van der Waals surface area contributed by atoms with Crippen LogP contribution in [0, 0.1) is 6.20 Å². The third-order valence-electron chi connectivity index (χ3n) is 5.24. The van der Waals surface area contributed by atoms with Crippen LogP contribution in [-0.4, -0.2) is 9.97 Å². The lowest BCUT2D eigenvalue weighted by molar-refractivity contribution is 0.585. The summed E-state index contributed by atoms with van der Waals surface area (Å²) in [5.74, 6) is 0.770. The summed E-state index contributed by atoms with van der Waals surface area (Å²) in [6.45, 7) is 0. The van der Waals surface area contributed by atoms with E-state index in [0.717, 1.165) is 49.8 Å². The molecule has 3 heterocycles. The molecule has 0 fully saturated rings. The Labute approximate surface area is 161 Å². The number of aromatic amines is 1. The van der Waals surface area contributed by atoms with Gasteiger partial charge in [0.2, 0.25) is 0 Å². The Kier molecular flexibility index (Phi) is 3.17. The first-order valence-corrected chi connectivity index (χ1v) is 9.24. The molecule has 0 spiro atoms. The van der Waals surface area contributed by atoms with Crippen molar-refractivity contribution in [1.29, 1.82) is 0 Å². The summed E-state index contributed by atoms with van der Waals surface area (Å²) in [6.07, 6.45) is 4.98. The Balaban J connectivity index is 1.73. The first-order valence-electron chi connectivity index (χ1n) is 9.24. The van der Waals surface area contributed by atoms with E-state index >= 15 is 0 Å². The van der Waals surface area contributed by atoms with Gasteiger partial charge in [-0.15, -0.1) is 0 Å². The number of pyridine rings is 1. The third kappa shape index (κ3) is 2.20. The monoisotopic (exact) mass is 359 g/mol. The number of nitrogens with zero attached hydrogens (tertiary/aromatic N) is 1. The van der Waals surface area contributed by atoms with Gasteiger partial charge in [0.15, 0.2) is 5.76 Å². The highest BCUT2D eigenvalue weighted by Gasteiger charge is 2.19. The number of nitrogens with one attached hydrogen (secondary N) is 1. The number of hydrogen-bond donors (Lipinski definition) is 1. The van der Waals surface area contributed by atoms with Gasteiger partial charge >= 0.3 is 0 Å². The van der Waals surface area contributed by atoms with Crippen molar-refractivity contribution in [3.8, 4) is 22.7 Å². The number of furan rings is 1. The van der Waals surface area contributed by atoms with Gasteiger partial charge in [-0.3, -0.25) is 0 Å². The van der Waals surface area contributed by atoms with E-state index in [1.54, 1.807) is 6.26 Å². The first kappa shape index (κ1) is 15.2. The molecule has 28 heavy (non-hydrogen) atoms. The summed E-state index contributed by atoms with van der Waals surface area (Å²) >= 11 is 0. The molecule has 1 N–H and O–H groups in total. The number of benzene rings is 3. The maximum atomic E-state index is 5.99. The molecule has 0 saturated heterocycles. The molecule has 0 saturated carbocycles. The van der Waals surface area contributed by atoms with Crippen LogP contribution in [0.4, 0.5) is 0 Å². The maximum Gasteiger partial charge on any atom is 0.160 e. The lowest BCUT2D eigenvalue weighted by Crippen LogP contribution is -1.91. The van der Waals surface area contributed by atoms with Gasteiger partial charge < -0.3 is 9.40 Å². The second kappa shape index (κ2) is 5.83. The summed E-state index contributed by atoms with van der Waals surface area (Å²) in [6, 6.07) is 26.8. The summed E-state index contributed by atoms with van der Waals surface area (Å²) in [7, 11) is 0. The average Bonchev–Trinajstić information content (AvgIpc) is 3.37. The molecule has 1 radical (unpaired) electrons. The molecular weight excluding hydrogens is 344 g/mol. The largest absolute Gasteiger partial charge is 0.461 e. The van der Waals surface area contributed by atoms with E-state index in [1.165, 1.54) is 5.39 Å². The normalized spacial score (nSPS) is 11.6. The van der Waals surface area contributed by atoms with E-state index in [2.05, 4.69) is 53.6 Å². The fourth-order valence-electron chi connectivity index (χ4n) is 3.92. The SMILES string of the molecule is [c]1nc(-c2occ3ccccc23)c(-c2cc3ccccc3[nH]2)c2ccccc12. The topological polar surface area (TPSA) is 41.8 Å². The van der Waals surface area contributed by atoms with Crippen molar-refractivity contribution in [2.24, 2.45) is 0 Å². The van der Waals surface area contributed by atoms with Gasteiger partial charge in [0.1, 0.15) is 5.69 Å². The van der Waals surface area contributed by atoms with E-state index in [-0.39, 0.29) is 0 Å². The fourth-order valence-corrected chi connectivity index (χ4v) is 3.92. The van der Waals surface area contributed by atoms with Gasteiger partial charge in [-0.2, -0.15) is 0 Å². The van der Waals surface area contributed by atoms with Crippen LogP contribution >= 0.6 is 0 Å². The summed E-state index contributed by atoms with van der Waals surface area (Å²) in [5.41, 5.74) is 3.95. The molecule has 0 amide bonds. The van der Waals surface area contributed by atoms with Crippen LogP contribution in [0.1, 0.15) is 0 Å². The lowest BCUT2D eigenvalue weighted by Gasteiger charge is -2.10. The summed E-state index contributed by atoms with van der Waals surface area (Å²) < 4.78 is 5.99. The highest BCUT2D eigenvalue weighted by atomic mass is 16.3. The zero-order chi connectivity index (χ0) is 18.5. The van der Waals surface area contributed by atoms with Gasteiger partial charge in [0.25, 0.3) is 0 Å². The highest BCUT2D eigenvalue weighted by Crippen LogP contribution is 2.40.